The maximum atomic E-state index is 13.0. The highest BCUT2D eigenvalue weighted by molar-refractivity contribution is 6.49. The Bertz CT molecular complexity index is 428. The van der Waals surface area contributed by atoms with Crippen molar-refractivity contribution in [2.24, 2.45) is 0 Å². The van der Waals surface area contributed by atoms with Crippen molar-refractivity contribution in [3.05, 3.63) is 28.8 Å². The van der Waals surface area contributed by atoms with Gasteiger partial charge in [-0.1, -0.05) is 0 Å². The summed E-state index contributed by atoms with van der Waals surface area (Å²) in [5.41, 5.74) is -4.36. The zero-order valence-corrected chi connectivity index (χ0v) is 8.86. The SMILES string of the molecule is Fc1c(F)c(C(F)(F)F)c(F)c(F)c1N(Cl)Cl. The fourth-order valence-electron chi connectivity index (χ4n) is 1.02. The van der Waals surface area contributed by atoms with Crippen molar-refractivity contribution in [2.75, 3.05) is 3.94 Å². The lowest BCUT2D eigenvalue weighted by molar-refractivity contribution is -0.143. The Hall–Kier alpha value is -0.890. The predicted molar refractivity (Wildman–Crippen MR) is 45.5 cm³/mol. The Kier molecular flexibility index (Phi) is 3.68. The van der Waals surface area contributed by atoms with Gasteiger partial charge in [-0.05, 0) is 0 Å². The van der Waals surface area contributed by atoms with Gasteiger partial charge in [0.05, 0.1) is 0 Å². The predicted octanol–water partition coefficient (Wildman–Crippen LogP) is 4.38. The molecule has 1 nitrogen and oxygen atoms in total. The van der Waals surface area contributed by atoms with Gasteiger partial charge < -0.3 is 0 Å². The first-order valence-corrected chi connectivity index (χ1v) is 4.31. The molecule has 0 aliphatic carbocycles. The van der Waals surface area contributed by atoms with Crippen molar-refractivity contribution in [3.8, 4) is 0 Å². The Morgan fingerprint density at radius 1 is 0.765 bits per heavy atom. The average Bonchev–Trinajstić information content (AvgIpc) is 2.12. The summed E-state index contributed by atoms with van der Waals surface area (Å²) < 4.78 is 87.7. The molecule has 0 aliphatic heterocycles. The average molecular weight is 302 g/mol. The van der Waals surface area contributed by atoms with Gasteiger partial charge in [-0.3, -0.25) is 0 Å². The van der Waals surface area contributed by atoms with Gasteiger partial charge in [0, 0.05) is 23.6 Å². The van der Waals surface area contributed by atoms with E-state index in [-0.39, 0.29) is 0 Å². The zero-order valence-electron chi connectivity index (χ0n) is 7.35. The molecule has 10 heteroatoms. The lowest BCUT2D eigenvalue weighted by atomic mass is 10.1. The lowest BCUT2D eigenvalue weighted by Gasteiger charge is -2.15. The highest BCUT2D eigenvalue weighted by atomic mass is 35.5. The maximum Gasteiger partial charge on any atom is 0.422 e. The molecular formula is C7Cl2F7N. The van der Waals surface area contributed by atoms with Crippen LogP contribution in [-0.2, 0) is 6.18 Å². The summed E-state index contributed by atoms with van der Waals surface area (Å²) in [6, 6.07) is 0. The van der Waals surface area contributed by atoms with Crippen molar-refractivity contribution < 1.29 is 30.7 Å². The zero-order chi connectivity index (χ0) is 13.5. The number of hydrogen-bond acceptors (Lipinski definition) is 1. The third kappa shape index (κ3) is 2.37. The summed E-state index contributed by atoms with van der Waals surface area (Å²) in [5, 5.41) is 0. The molecule has 0 bridgehead atoms. The topological polar surface area (TPSA) is 3.24 Å². The molecular weight excluding hydrogens is 302 g/mol. The Balaban J connectivity index is 3.71. The van der Waals surface area contributed by atoms with E-state index in [1.54, 1.807) is 0 Å². The van der Waals surface area contributed by atoms with Crippen LogP contribution in [0.3, 0.4) is 0 Å². The van der Waals surface area contributed by atoms with Gasteiger partial charge in [-0.2, -0.15) is 17.1 Å². The standard InChI is InChI=1S/C7Cl2F7N/c8-17(9)6-4(12)2(10)1(7(14,15)16)3(11)5(6)13. The molecule has 0 spiro atoms. The first kappa shape index (κ1) is 14.2. The second-order valence-electron chi connectivity index (χ2n) is 2.71. The molecule has 96 valence electrons. The fourth-order valence-corrected chi connectivity index (χ4v) is 1.31. The van der Waals surface area contributed by atoms with E-state index in [1.165, 1.54) is 0 Å². The number of anilines is 1. The van der Waals surface area contributed by atoms with Gasteiger partial charge in [0.1, 0.15) is 11.3 Å². The van der Waals surface area contributed by atoms with Crippen LogP contribution >= 0.6 is 23.6 Å². The van der Waals surface area contributed by atoms with Gasteiger partial charge in [0.15, 0.2) is 23.3 Å². The van der Waals surface area contributed by atoms with Crippen molar-refractivity contribution in [1.29, 1.82) is 0 Å². The lowest BCUT2D eigenvalue weighted by Crippen LogP contribution is -2.17. The minimum Gasteiger partial charge on any atom is -0.203 e. The number of halogens is 9. The molecule has 0 saturated carbocycles. The van der Waals surface area contributed by atoms with Gasteiger partial charge >= 0.3 is 6.18 Å². The van der Waals surface area contributed by atoms with E-state index >= 15 is 0 Å². The quantitative estimate of drug-likeness (QED) is 0.423. The van der Waals surface area contributed by atoms with Crippen molar-refractivity contribution in [3.63, 3.8) is 0 Å². The molecule has 0 radical (unpaired) electrons. The molecule has 17 heavy (non-hydrogen) atoms. The summed E-state index contributed by atoms with van der Waals surface area (Å²) >= 11 is 9.66. The van der Waals surface area contributed by atoms with E-state index in [0.717, 1.165) is 0 Å². The molecule has 0 heterocycles. The molecule has 1 aromatic rings. The molecule has 0 aromatic heterocycles. The molecule has 0 saturated heterocycles. The van der Waals surface area contributed by atoms with Crippen molar-refractivity contribution in [2.45, 2.75) is 6.18 Å². The second kappa shape index (κ2) is 4.41. The summed E-state index contributed by atoms with van der Waals surface area (Å²) in [7, 11) is 0. The van der Waals surface area contributed by atoms with E-state index < -0.39 is 44.6 Å². The molecule has 0 atom stereocenters. The van der Waals surface area contributed by atoms with Crippen LogP contribution in [0.2, 0.25) is 0 Å². The minimum absolute atomic E-state index is 0.420. The fraction of sp³-hybridized carbons (Fsp3) is 0.143. The maximum absolute atomic E-state index is 13.0. The van der Waals surface area contributed by atoms with Crippen LogP contribution in [0.25, 0.3) is 0 Å². The smallest absolute Gasteiger partial charge is 0.203 e. The Morgan fingerprint density at radius 3 is 1.35 bits per heavy atom. The van der Waals surface area contributed by atoms with E-state index in [1.807, 2.05) is 0 Å². The third-order valence-corrected chi connectivity index (χ3v) is 2.03. The number of hydrogen-bond donors (Lipinski definition) is 0. The minimum atomic E-state index is -5.60. The molecule has 1 aromatic carbocycles. The highest BCUT2D eigenvalue weighted by Crippen LogP contribution is 2.40. The van der Waals surface area contributed by atoms with E-state index in [9.17, 15) is 30.7 Å². The molecule has 0 N–H and O–H groups in total. The Morgan fingerprint density at radius 2 is 1.12 bits per heavy atom. The van der Waals surface area contributed by atoms with Crippen LogP contribution in [-0.4, -0.2) is 0 Å². The normalized spacial score (nSPS) is 11.8. The summed E-state index contributed by atoms with van der Waals surface area (Å²) in [4.78, 5) is 0. The van der Waals surface area contributed by atoms with Gasteiger partial charge in [-0.15, -0.1) is 0 Å². The summed E-state index contributed by atoms with van der Waals surface area (Å²) in [6.45, 7) is 0. The van der Waals surface area contributed by atoms with Gasteiger partial charge in [-0.25, -0.2) is 17.6 Å². The summed E-state index contributed by atoms with van der Waals surface area (Å²) in [5.74, 6) is -9.95. The number of alkyl halides is 3. The molecule has 0 fully saturated rings. The molecule has 1 rings (SSSR count). The molecule has 0 unspecified atom stereocenters. The van der Waals surface area contributed by atoms with E-state index in [4.69, 9.17) is 23.6 Å². The molecule has 0 aliphatic rings. The largest absolute Gasteiger partial charge is 0.422 e. The first-order valence-electron chi connectivity index (χ1n) is 3.63. The number of nitrogens with zero attached hydrogens (tertiary/aromatic N) is 1. The van der Waals surface area contributed by atoms with Crippen LogP contribution < -0.4 is 3.94 Å². The van der Waals surface area contributed by atoms with Gasteiger partial charge in [0.25, 0.3) is 0 Å². The summed E-state index contributed by atoms with van der Waals surface area (Å²) in [6.07, 6.45) is -5.60. The number of benzene rings is 1. The third-order valence-electron chi connectivity index (χ3n) is 1.69. The Labute approximate surface area is 99.5 Å². The van der Waals surface area contributed by atoms with Crippen LogP contribution in [0, 0.1) is 23.3 Å². The monoisotopic (exact) mass is 301 g/mol. The van der Waals surface area contributed by atoms with E-state index in [2.05, 4.69) is 0 Å². The van der Waals surface area contributed by atoms with Gasteiger partial charge in [0.2, 0.25) is 0 Å². The second-order valence-corrected chi connectivity index (χ2v) is 3.56. The number of rotatable bonds is 1. The van der Waals surface area contributed by atoms with Crippen LogP contribution in [0.15, 0.2) is 0 Å². The molecule has 0 amide bonds. The highest BCUT2D eigenvalue weighted by Gasteiger charge is 2.43. The van der Waals surface area contributed by atoms with Crippen LogP contribution in [0.4, 0.5) is 36.4 Å². The van der Waals surface area contributed by atoms with Crippen LogP contribution in [0.5, 0.6) is 0 Å². The van der Waals surface area contributed by atoms with E-state index in [0.29, 0.717) is 0 Å². The van der Waals surface area contributed by atoms with Crippen molar-refractivity contribution >= 4 is 29.2 Å². The van der Waals surface area contributed by atoms with Crippen LogP contribution in [0.1, 0.15) is 5.56 Å². The first-order chi connectivity index (χ1) is 7.59. The van der Waals surface area contributed by atoms with Crippen molar-refractivity contribution in [1.82, 2.24) is 0 Å².